The first-order valence-electron chi connectivity index (χ1n) is 5.25. The number of amides is 1. The predicted molar refractivity (Wildman–Crippen MR) is 60.3 cm³/mol. The molecule has 0 saturated carbocycles. The summed E-state index contributed by atoms with van der Waals surface area (Å²) >= 11 is 0. The fourth-order valence-electron chi connectivity index (χ4n) is 1.86. The van der Waals surface area contributed by atoms with Crippen molar-refractivity contribution in [3.8, 4) is 0 Å². The van der Waals surface area contributed by atoms with Gasteiger partial charge in [0, 0.05) is 5.57 Å². The fourth-order valence-corrected chi connectivity index (χ4v) is 1.86. The van der Waals surface area contributed by atoms with Gasteiger partial charge in [-0.25, -0.2) is 0 Å². The minimum Gasteiger partial charge on any atom is -0.328 e. The van der Waals surface area contributed by atoms with Gasteiger partial charge >= 0.3 is 0 Å². The first-order chi connectivity index (χ1) is 7.24. The van der Waals surface area contributed by atoms with E-state index in [2.05, 4.69) is 19.1 Å². The summed E-state index contributed by atoms with van der Waals surface area (Å²) in [4.78, 5) is 13.6. The zero-order valence-electron chi connectivity index (χ0n) is 9.10. The second-order valence-electron chi connectivity index (χ2n) is 3.83. The zero-order valence-corrected chi connectivity index (χ0v) is 9.10. The molecule has 0 N–H and O–H groups in total. The van der Waals surface area contributed by atoms with E-state index in [9.17, 15) is 4.79 Å². The molecule has 0 aromatic heterocycles. The van der Waals surface area contributed by atoms with Crippen molar-refractivity contribution in [2.45, 2.75) is 19.9 Å². The number of β-lactam (4-membered cyclic amide) rings is 1. The highest BCUT2D eigenvalue weighted by Gasteiger charge is 2.33. The third-order valence-corrected chi connectivity index (χ3v) is 2.97. The molecule has 1 atom stereocenters. The second-order valence-corrected chi connectivity index (χ2v) is 3.83. The summed E-state index contributed by atoms with van der Waals surface area (Å²) in [6, 6.07) is 10.3. The van der Waals surface area contributed by atoms with Crippen molar-refractivity contribution in [1.29, 1.82) is 0 Å². The van der Waals surface area contributed by atoms with Gasteiger partial charge < -0.3 is 4.90 Å². The molecule has 1 fully saturated rings. The van der Waals surface area contributed by atoms with Crippen LogP contribution >= 0.6 is 0 Å². The minimum absolute atomic E-state index is 0.175. The van der Waals surface area contributed by atoms with E-state index >= 15 is 0 Å². The molecular weight excluding hydrogens is 186 g/mol. The minimum atomic E-state index is 0.175. The number of allylic oxidation sites excluding steroid dienone is 1. The van der Waals surface area contributed by atoms with Crippen molar-refractivity contribution in [3.63, 3.8) is 0 Å². The molecule has 1 saturated heterocycles. The van der Waals surface area contributed by atoms with Crippen LogP contribution in [0.5, 0.6) is 0 Å². The summed E-state index contributed by atoms with van der Waals surface area (Å²) in [7, 11) is 0. The van der Waals surface area contributed by atoms with Gasteiger partial charge in [-0.2, -0.15) is 0 Å². The van der Waals surface area contributed by atoms with Crippen LogP contribution in [0.1, 0.15) is 25.5 Å². The Hall–Kier alpha value is -1.57. The van der Waals surface area contributed by atoms with Gasteiger partial charge in [-0.15, -0.1) is 0 Å². The second kappa shape index (κ2) is 3.89. The Labute approximate surface area is 90.2 Å². The highest BCUT2D eigenvalue weighted by molar-refractivity contribution is 6.00. The summed E-state index contributed by atoms with van der Waals surface area (Å²) in [6.45, 7) is 4.77. The van der Waals surface area contributed by atoms with Gasteiger partial charge in [0.25, 0.3) is 5.91 Å². The van der Waals surface area contributed by atoms with Crippen LogP contribution in [0, 0.1) is 0 Å². The molecule has 1 aromatic carbocycles. The lowest BCUT2D eigenvalue weighted by atomic mass is 9.99. The van der Waals surface area contributed by atoms with E-state index in [1.807, 2.05) is 36.1 Å². The maximum Gasteiger partial charge on any atom is 0.252 e. The van der Waals surface area contributed by atoms with Crippen molar-refractivity contribution < 1.29 is 4.79 Å². The molecule has 78 valence electrons. The van der Waals surface area contributed by atoms with Crippen molar-refractivity contribution in [1.82, 2.24) is 4.90 Å². The molecular formula is C13H15NO. The predicted octanol–water partition coefficient (Wildman–Crippen LogP) is 2.54. The highest BCUT2D eigenvalue weighted by atomic mass is 16.2. The Bertz CT molecular complexity index is 394. The van der Waals surface area contributed by atoms with Crippen LogP contribution in [0.3, 0.4) is 0 Å². The third kappa shape index (κ3) is 1.67. The van der Waals surface area contributed by atoms with E-state index in [0.717, 1.165) is 12.1 Å². The molecule has 0 spiro atoms. The van der Waals surface area contributed by atoms with E-state index in [-0.39, 0.29) is 11.9 Å². The van der Waals surface area contributed by atoms with Crippen LogP contribution in [0.2, 0.25) is 0 Å². The lowest BCUT2D eigenvalue weighted by molar-refractivity contribution is -0.135. The topological polar surface area (TPSA) is 20.3 Å². The van der Waals surface area contributed by atoms with Gasteiger partial charge in [-0.05, 0) is 19.4 Å². The summed E-state index contributed by atoms with van der Waals surface area (Å²) in [5.41, 5.74) is 2.12. The van der Waals surface area contributed by atoms with Gasteiger partial charge in [0.2, 0.25) is 0 Å². The normalized spacial score (nSPS) is 20.3. The summed E-state index contributed by atoms with van der Waals surface area (Å²) in [5, 5.41) is 0. The Morgan fingerprint density at radius 1 is 1.33 bits per heavy atom. The Balaban J connectivity index is 2.12. The van der Waals surface area contributed by atoms with Gasteiger partial charge in [0.1, 0.15) is 0 Å². The van der Waals surface area contributed by atoms with Crippen molar-refractivity contribution in [2.75, 3.05) is 6.54 Å². The smallest absolute Gasteiger partial charge is 0.252 e. The number of carbonyl (C=O) groups is 1. The lowest BCUT2D eigenvalue weighted by Crippen LogP contribution is -2.47. The largest absolute Gasteiger partial charge is 0.328 e. The number of nitrogens with zero attached hydrogens (tertiary/aromatic N) is 1. The molecule has 0 radical (unpaired) electrons. The number of benzene rings is 1. The number of hydrogen-bond donors (Lipinski definition) is 0. The molecule has 0 bridgehead atoms. The van der Waals surface area contributed by atoms with Crippen LogP contribution in [0.4, 0.5) is 0 Å². The Morgan fingerprint density at radius 3 is 2.53 bits per heavy atom. The third-order valence-electron chi connectivity index (χ3n) is 2.97. The molecule has 2 heteroatoms. The molecule has 0 unspecified atom stereocenters. The molecule has 2 rings (SSSR count). The van der Waals surface area contributed by atoms with Gasteiger partial charge in [-0.1, -0.05) is 36.4 Å². The summed E-state index contributed by atoms with van der Waals surface area (Å²) in [5.74, 6) is 0.175. The lowest BCUT2D eigenvalue weighted by Gasteiger charge is -2.38. The molecule has 2 nitrogen and oxygen atoms in total. The number of rotatable bonds is 2. The molecule has 1 aliphatic heterocycles. The molecule has 0 aliphatic carbocycles. The maximum atomic E-state index is 11.7. The van der Waals surface area contributed by atoms with Crippen LogP contribution in [-0.4, -0.2) is 17.4 Å². The van der Waals surface area contributed by atoms with Gasteiger partial charge in [0.15, 0.2) is 0 Å². The molecule has 1 amide bonds. The molecule has 1 aromatic rings. The average molecular weight is 201 g/mol. The Morgan fingerprint density at radius 2 is 2.00 bits per heavy atom. The average Bonchev–Trinajstić information content (AvgIpc) is 2.28. The monoisotopic (exact) mass is 201 g/mol. The number of likely N-dealkylation sites (tertiary alicyclic amines) is 1. The summed E-state index contributed by atoms with van der Waals surface area (Å²) in [6.07, 6.45) is 1.90. The van der Waals surface area contributed by atoms with Gasteiger partial charge in [0.05, 0.1) is 12.6 Å². The van der Waals surface area contributed by atoms with Crippen molar-refractivity contribution >= 4 is 5.91 Å². The van der Waals surface area contributed by atoms with Crippen molar-refractivity contribution in [2.24, 2.45) is 0 Å². The first-order valence-corrected chi connectivity index (χ1v) is 5.25. The Kier molecular flexibility index (Phi) is 2.58. The first kappa shape index (κ1) is 9.97. The van der Waals surface area contributed by atoms with Crippen LogP contribution in [-0.2, 0) is 4.79 Å². The zero-order chi connectivity index (χ0) is 10.8. The van der Waals surface area contributed by atoms with Crippen LogP contribution in [0.15, 0.2) is 42.0 Å². The van der Waals surface area contributed by atoms with E-state index in [0.29, 0.717) is 0 Å². The van der Waals surface area contributed by atoms with Crippen molar-refractivity contribution in [3.05, 3.63) is 47.5 Å². The van der Waals surface area contributed by atoms with E-state index < -0.39 is 0 Å². The molecule has 15 heavy (non-hydrogen) atoms. The molecule has 1 heterocycles. The van der Waals surface area contributed by atoms with E-state index in [1.165, 1.54) is 5.56 Å². The number of carbonyl (C=O) groups excluding carboxylic acids is 1. The standard InChI is InChI=1S/C13H15NO/c1-3-11-9-14(13(11)15)10(2)12-7-5-4-6-8-12/h3-8,10H,9H2,1-2H3/b11-3+/t10-/m0/s1. The SMILES string of the molecule is C/C=C1\CN([C@@H](C)c2ccccc2)C1=O. The fraction of sp³-hybridized carbons (Fsp3) is 0.308. The van der Waals surface area contributed by atoms with E-state index in [4.69, 9.17) is 0 Å². The highest BCUT2D eigenvalue weighted by Crippen LogP contribution is 2.28. The summed E-state index contributed by atoms with van der Waals surface area (Å²) < 4.78 is 0. The van der Waals surface area contributed by atoms with Gasteiger partial charge in [-0.3, -0.25) is 4.79 Å². The maximum absolute atomic E-state index is 11.7. The number of hydrogen-bond acceptors (Lipinski definition) is 1. The molecule has 1 aliphatic rings. The van der Waals surface area contributed by atoms with E-state index in [1.54, 1.807) is 0 Å². The van der Waals surface area contributed by atoms with Crippen LogP contribution < -0.4 is 0 Å². The quantitative estimate of drug-likeness (QED) is 0.532. The van der Waals surface area contributed by atoms with Crippen LogP contribution in [0.25, 0.3) is 0 Å².